The van der Waals surface area contributed by atoms with Gasteiger partial charge in [0.1, 0.15) is 5.82 Å². The Morgan fingerprint density at radius 2 is 2.10 bits per heavy atom. The second kappa shape index (κ2) is 7.18. The minimum Gasteiger partial charge on any atom is -0.304 e. The summed E-state index contributed by atoms with van der Waals surface area (Å²) in [6.07, 6.45) is 4.29. The van der Waals surface area contributed by atoms with E-state index in [0.29, 0.717) is 0 Å². The number of urea groups is 1. The monoisotopic (exact) mass is 316 g/mol. The molecule has 1 N–H and O–H groups in total. The van der Waals surface area contributed by atoms with Crippen LogP contribution in [0.4, 0.5) is 14.9 Å². The van der Waals surface area contributed by atoms with Gasteiger partial charge < -0.3 is 5.32 Å². The molecule has 0 saturated heterocycles. The predicted octanol–water partition coefficient (Wildman–Crippen LogP) is 4.49. The molecule has 1 fully saturated rings. The second-order valence-electron chi connectivity index (χ2n) is 4.85. The molecule has 2 unspecified atom stereocenters. The van der Waals surface area contributed by atoms with Crippen molar-refractivity contribution in [2.75, 3.05) is 12.4 Å². The van der Waals surface area contributed by atoms with Crippen molar-refractivity contribution in [1.29, 1.82) is 0 Å². The Bertz CT molecular complexity index is 474. The third-order valence-electron chi connectivity index (χ3n) is 3.32. The van der Waals surface area contributed by atoms with Crippen molar-refractivity contribution in [3.63, 3.8) is 0 Å². The summed E-state index contributed by atoms with van der Waals surface area (Å²) in [6, 6.07) is 5.79. The predicted molar refractivity (Wildman–Crippen MR) is 82.7 cm³/mol. The molecule has 20 heavy (non-hydrogen) atoms. The molecule has 0 bridgehead atoms. The first kappa shape index (κ1) is 15.4. The number of benzene rings is 1. The summed E-state index contributed by atoms with van der Waals surface area (Å²) in [5, 5.41) is 2.90. The number of amides is 2. The number of anilines is 1. The van der Waals surface area contributed by atoms with E-state index in [1.807, 2.05) is 0 Å². The van der Waals surface area contributed by atoms with E-state index in [1.54, 1.807) is 19.2 Å². The van der Waals surface area contributed by atoms with Gasteiger partial charge in [0.2, 0.25) is 0 Å². The van der Waals surface area contributed by atoms with E-state index in [2.05, 4.69) is 5.32 Å². The minimum atomic E-state index is -0.438. The van der Waals surface area contributed by atoms with Crippen molar-refractivity contribution >= 4 is 35.3 Å². The van der Waals surface area contributed by atoms with Crippen molar-refractivity contribution in [3.05, 3.63) is 30.1 Å². The number of nitrogens with one attached hydrogen (secondary N) is 1. The van der Waals surface area contributed by atoms with Crippen LogP contribution in [-0.4, -0.2) is 28.0 Å². The second-order valence-corrected chi connectivity index (χ2v) is 6.78. The van der Waals surface area contributed by atoms with Crippen molar-refractivity contribution in [2.24, 2.45) is 0 Å². The first-order valence-electron chi connectivity index (χ1n) is 6.68. The van der Waals surface area contributed by atoms with Gasteiger partial charge in [0.25, 0.3) is 0 Å². The lowest BCUT2D eigenvalue weighted by atomic mass is 10.00. The summed E-state index contributed by atoms with van der Waals surface area (Å²) < 4.78 is 15.0. The van der Waals surface area contributed by atoms with Crippen LogP contribution >= 0.6 is 23.5 Å². The zero-order valence-corrected chi connectivity index (χ0v) is 12.9. The summed E-state index contributed by atoms with van der Waals surface area (Å²) in [7, 11) is 1.68. The molecule has 0 aromatic heterocycles. The van der Waals surface area contributed by atoms with E-state index < -0.39 is 5.82 Å². The van der Waals surface area contributed by atoms with E-state index in [1.165, 1.54) is 28.4 Å². The number of carbonyl (C=O) groups is 1. The smallest absolute Gasteiger partial charge is 0.304 e. The normalized spacial score (nSPS) is 22.4. The standard InChI is InChI=1S/C14H18ClFN2OS/c1-18(20-13-9-5-2-6-10(13)15)14(19)17-12-8-4-3-7-11(12)16/h3-4,7-8,10,13H,2,5-6,9H2,1H3,(H,17,19). The van der Waals surface area contributed by atoms with Crippen LogP contribution in [0.15, 0.2) is 24.3 Å². The maximum atomic E-state index is 13.5. The molecule has 2 amide bonds. The van der Waals surface area contributed by atoms with Gasteiger partial charge in [0.05, 0.1) is 5.69 Å². The Morgan fingerprint density at radius 1 is 1.40 bits per heavy atom. The summed E-state index contributed by atoms with van der Waals surface area (Å²) >= 11 is 7.71. The lowest BCUT2D eigenvalue weighted by molar-refractivity contribution is 0.242. The average Bonchev–Trinajstić information content (AvgIpc) is 2.43. The van der Waals surface area contributed by atoms with E-state index in [0.717, 1.165) is 25.7 Å². The zero-order chi connectivity index (χ0) is 14.5. The Kier molecular flexibility index (Phi) is 5.54. The van der Waals surface area contributed by atoms with Crippen LogP contribution in [0.3, 0.4) is 0 Å². The average molecular weight is 317 g/mol. The lowest BCUT2D eigenvalue weighted by Crippen LogP contribution is -2.32. The fourth-order valence-electron chi connectivity index (χ4n) is 2.18. The molecule has 2 rings (SSSR count). The van der Waals surface area contributed by atoms with E-state index in [9.17, 15) is 9.18 Å². The Morgan fingerprint density at radius 3 is 2.80 bits per heavy atom. The van der Waals surface area contributed by atoms with Crippen LogP contribution in [-0.2, 0) is 0 Å². The lowest BCUT2D eigenvalue weighted by Gasteiger charge is -2.29. The molecular formula is C14H18ClFN2OS. The third-order valence-corrected chi connectivity index (χ3v) is 5.31. The van der Waals surface area contributed by atoms with E-state index in [-0.39, 0.29) is 22.3 Å². The molecule has 6 heteroatoms. The molecule has 1 aromatic carbocycles. The molecule has 1 saturated carbocycles. The Labute approximate surface area is 128 Å². The van der Waals surface area contributed by atoms with Crippen LogP contribution in [0, 0.1) is 5.82 Å². The number of halogens is 2. The molecule has 0 spiro atoms. The SMILES string of the molecule is CN(SC1CCCCC1Cl)C(=O)Nc1ccccc1F. The summed E-state index contributed by atoms with van der Waals surface area (Å²) in [5.41, 5.74) is 0.191. The zero-order valence-electron chi connectivity index (χ0n) is 11.3. The van der Waals surface area contributed by atoms with Crippen molar-refractivity contribution in [2.45, 2.75) is 36.3 Å². The number of carbonyl (C=O) groups excluding carboxylic acids is 1. The van der Waals surface area contributed by atoms with Crippen LogP contribution in [0.25, 0.3) is 0 Å². The van der Waals surface area contributed by atoms with Crippen LogP contribution in [0.2, 0.25) is 0 Å². The molecular weight excluding hydrogens is 299 g/mol. The number of alkyl halides is 1. The number of hydrogen-bond acceptors (Lipinski definition) is 2. The molecule has 2 atom stereocenters. The van der Waals surface area contributed by atoms with Gasteiger partial charge >= 0.3 is 6.03 Å². The van der Waals surface area contributed by atoms with Crippen molar-refractivity contribution in [1.82, 2.24) is 4.31 Å². The molecule has 3 nitrogen and oxygen atoms in total. The van der Waals surface area contributed by atoms with E-state index in [4.69, 9.17) is 11.6 Å². The number of para-hydroxylation sites is 1. The maximum absolute atomic E-state index is 13.5. The van der Waals surface area contributed by atoms with Gasteiger partial charge in [-0.15, -0.1) is 11.6 Å². The van der Waals surface area contributed by atoms with Gasteiger partial charge in [0, 0.05) is 17.7 Å². The first-order chi connectivity index (χ1) is 9.58. The van der Waals surface area contributed by atoms with Gasteiger partial charge in [-0.2, -0.15) is 0 Å². The quantitative estimate of drug-likeness (QED) is 0.658. The molecule has 0 aliphatic heterocycles. The highest BCUT2D eigenvalue weighted by Crippen LogP contribution is 2.33. The first-order valence-corrected chi connectivity index (χ1v) is 7.95. The Hall–Kier alpha value is -0.940. The van der Waals surface area contributed by atoms with Gasteiger partial charge in [-0.05, 0) is 36.9 Å². The van der Waals surface area contributed by atoms with Crippen LogP contribution in [0.5, 0.6) is 0 Å². The highest BCUT2D eigenvalue weighted by atomic mass is 35.5. The van der Waals surface area contributed by atoms with Crippen molar-refractivity contribution in [3.8, 4) is 0 Å². The van der Waals surface area contributed by atoms with Crippen LogP contribution in [0.1, 0.15) is 25.7 Å². The highest BCUT2D eigenvalue weighted by Gasteiger charge is 2.26. The number of hydrogen-bond donors (Lipinski definition) is 1. The largest absolute Gasteiger partial charge is 0.331 e. The molecule has 110 valence electrons. The summed E-state index contributed by atoms with van der Waals surface area (Å²) in [4.78, 5) is 12.0. The molecule has 1 aliphatic rings. The van der Waals surface area contributed by atoms with Crippen molar-refractivity contribution < 1.29 is 9.18 Å². The number of nitrogens with zero attached hydrogens (tertiary/aromatic N) is 1. The van der Waals surface area contributed by atoms with Gasteiger partial charge in [-0.25, -0.2) is 9.18 Å². The van der Waals surface area contributed by atoms with E-state index >= 15 is 0 Å². The highest BCUT2D eigenvalue weighted by molar-refractivity contribution is 7.98. The summed E-state index contributed by atoms with van der Waals surface area (Å²) in [6.45, 7) is 0. The van der Waals surface area contributed by atoms with Gasteiger partial charge in [-0.1, -0.05) is 25.0 Å². The fourth-order valence-corrected chi connectivity index (χ4v) is 3.68. The van der Waals surface area contributed by atoms with Gasteiger partial charge in [-0.3, -0.25) is 4.31 Å². The molecule has 1 aromatic rings. The Balaban J connectivity index is 1.90. The molecule has 0 radical (unpaired) electrons. The summed E-state index contributed by atoms with van der Waals surface area (Å²) in [5.74, 6) is -0.438. The maximum Gasteiger partial charge on any atom is 0.331 e. The minimum absolute atomic E-state index is 0.0949. The fraction of sp³-hybridized carbons (Fsp3) is 0.500. The number of rotatable bonds is 3. The molecule has 0 heterocycles. The van der Waals surface area contributed by atoms with Crippen LogP contribution < -0.4 is 5.32 Å². The van der Waals surface area contributed by atoms with Gasteiger partial charge in [0.15, 0.2) is 0 Å². The third kappa shape index (κ3) is 4.03. The molecule has 1 aliphatic carbocycles. The topological polar surface area (TPSA) is 32.3 Å².